The zero-order valence-corrected chi connectivity index (χ0v) is 15.6. The SMILES string of the molecule is CCCc1nccn1CCCNC(=O)c1cnn(Cc2ccccc2)c1N. The van der Waals surface area contributed by atoms with Crippen LogP contribution >= 0.6 is 0 Å². The van der Waals surface area contributed by atoms with E-state index in [0.29, 0.717) is 24.5 Å². The van der Waals surface area contributed by atoms with E-state index >= 15 is 0 Å². The summed E-state index contributed by atoms with van der Waals surface area (Å²) in [6.07, 6.45) is 8.21. The number of hydrogen-bond acceptors (Lipinski definition) is 4. The number of carbonyl (C=O) groups excluding carboxylic acids is 1. The predicted molar refractivity (Wildman–Crippen MR) is 105 cm³/mol. The lowest BCUT2D eigenvalue weighted by molar-refractivity contribution is 0.0953. The van der Waals surface area contributed by atoms with E-state index in [-0.39, 0.29) is 5.91 Å². The van der Waals surface area contributed by atoms with E-state index in [0.717, 1.165) is 37.2 Å². The zero-order valence-electron chi connectivity index (χ0n) is 15.6. The third kappa shape index (κ3) is 4.75. The largest absolute Gasteiger partial charge is 0.383 e. The number of nitrogens with one attached hydrogen (secondary N) is 1. The van der Waals surface area contributed by atoms with Gasteiger partial charge in [-0.3, -0.25) is 4.79 Å². The fourth-order valence-electron chi connectivity index (χ4n) is 2.99. The molecule has 142 valence electrons. The van der Waals surface area contributed by atoms with Crippen LogP contribution in [0.2, 0.25) is 0 Å². The molecule has 2 aromatic heterocycles. The fourth-order valence-corrected chi connectivity index (χ4v) is 2.99. The monoisotopic (exact) mass is 366 g/mol. The van der Waals surface area contributed by atoms with E-state index in [1.807, 2.05) is 42.7 Å². The van der Waals surface area contributed by atoms with Gasteiger partial charge < -0.3 is 15.6 Å². The minimum absolute atomic E-state index is 0.189. The van der Waals surface area contributed by atoms with E-state index in [4.69, 9.17) is 5.73 Å². The first-order valence-electron chi connectivity index (χ1n) is 9.32. The molecule has 3 N–H and O–H groups in total. The Morgan fingerprint density at radius 2 is 2.07 bits per heavy atom. The zero-order chi connectivity index (χ0) is 19.1. The van der Waals surface area contributed by atoms with E-state index in [9.17, 15) is 4.79 Å². The van der Waals surface area contributed by atoms with Crippen LogP contribution in [0.25, 0.3) is 0 Å². The molecule has 0 saturated heterocycles. The Hall–Kier alpha value is -3.09. The minimum atomic E-state index is -0.189. The highest BCUT2D eigenvalue weighted by Gasteiger charge is 2.15. The molecular weight excluding hydrogens is 340 g/mol. The van der Waals surface area contributed by atoms with Crippen molar-refractivity contribution in [3.05, 3.63) is 65.9 Å². The number of rotatable bonds is 9. The average molecular weight is 366 g/mol. The molecule has 1 amide bonds. The first kappa shape index (κ1) is 18.7. The van der Waals surface area contributed by atoms with Crippen molar-refractivity contribution in [2.24, 2.45) is 0 Å². The number of hydrogen-bond donors (Lipinski definition) is 2. The second-order valence-electron chi connectivity index (χ2n) is 6.48. The maximum atomic E-state index is 12.4. The van der Waals surface area contributed by atoms with Crippen LogP contribution in [0.3, 0.4) is 0 Å². The fraction of sp³-hybridized carbons (Fsp3) is 0.350. The number of anilines is 1. The molecule has 0 fully saturated rings. The standard InChI is InChI=1S/C20H26N6O/c1-2-7-18-22-11-13-25(18)12-6-10-23-20(27)17-14-24-26(19(17)21)15-16-8-4-3-5-9-16/h3-5,8-9,11,13-14H,2,6-7,10,12,15,21H2,1H3,(H,23,27). The third-order valence-electron chi connectivity index (χ3n) is 4.44. The maximum absolute atomic E-state index is 12.4. The highest BCUT2D eigenvalue weighted by molar-refractivity contribution is 5.98. The van der Waals surface area contributed by atoms with Gasteiger partial charge in [0.2, 0.25) is 0 Å². The molecule has 0 aliphatic heterocycles. The Bertz CT molecular complexity index is 868. The van der Waals surface area contributed by atoms with E-state index < -0.39 is 0 Å². The lowest BCUT2D eigenvalue weighted by Crippen LogP contribution is -2.26. The molecule has 0 aliphatic rings. The highest BCUT2D eigenvalue weighted by atomic mass is 16.1. The summed E-state index contributed by atoms with van der Waals surface area (Å²) in [5, 5.41) is 7.18. The number of nitrogens with zero attached hydrogens (tertiary/aromatic N) is 4. The molecule has 0 spiro atoms. The lowest BCUT2D eigenvalue weighted by Gasteiger charge is -2.09. The lowest BCUT2D eigenvalue weighted by atomic mass is 10.2. The molecule has 0 radical (unpaired) electrons. The van der Waals surface area contributed by atoms with Crippen LogP contribution in [0.1, 0.15) is 41.5 Å². The van der Waals surface area contributed by atoms with Gasteiger partial charge in [0.15, 0.2) is 0 Å². The van der Waals surface area contributed by atoms with Crippen molar-refractivity contribution in [3.63, 3.8) is 0 Å². The highest BCUT2D eigenvalue weighted by Crippen LogP contribution is 2.13. The van der Waals surface area contributed by atoms with Gasteiger partial charge in [0, 0.05) is 31.9 Å². The molecule has 0 unspecified atom stereocenters. The van der Waals surface area contributed by atoms with Crippen LogP contribution in [0.15, 0.2) is 48.9 Å². The van der Waals surface area contributed by atoms with Gasteiger partial charge in [-0.25, -0.2) is 9.67 Å². The van der Waals surface area contributed by atoms with E-state index in [2.05, 4.69) is 26.9 Å². The first-order valence-corrected chi connectivity index (χ1v) is 9.32. The number of aromatic nitrogens is 4. The van der Waals surface area contributed by atoms with E-state index in [1.54, 1.807) is 4.68 Å². The van der Waals surface area contributed by atoms with Crippen LogP contribution in [0, 0.1) is 0 Å². The molecule has 3 aromatic rings. The number of carbonyl (C=O) groups is 1. The van der Waals surface area contributed by atoms with Gasteiger partial charge >= 0.3 is 0 Å². The van der Waals surface area contributed by atoms with Gasteiger partial charge in [-0.05, 0) is 18.4 Å². The smallest absolute Gasteiger partial charge is 0.256 e. The van der Waals surface area contributed by atoms with Crippen LogP contribution < -0.4 is 11.1 Å². The van der Waals surface area contributed by atoms with Crippen LogP contribution in [-0.2, 0) is 19.5 Å². The molecule has 27 heavy (non-hydrogen) atoms. The number of aryl methyl sites for hydroxylation is 2. The number of imidazole rings is 1. The first-order chi connectivity index (χ1) is 13.2. The van der Waals surface area contributed by atoms with Gasteiger partial charge in [-0.15, -0.1) is 0 Å². The summed E-state index contributed by atoms with van der Waals surface area (Å²) >= 11 is 0. The molecule has 0 saturated carbocycles. The molecule has 1 aromatic carbocycles. The summed E-state index contributed by atoms with van der Waals surface area (Å²) in [7, 11) is 0. The number of nitrogen functional groups attached to an aromatic ring is 1. The van der Waals surface area contributed by atoms with E-state index in [1.165, 1.54) is 6.20 Å². The molecule has 2 heterocycles. The van der Waals surface area contributed by atoms with Crippen molar-refractivity contribution < 1.29 is 4.79 Å². The average Bonchev–Trinajstić information content (AvgIpc) is 3.27. The van der Waals surface area contributed by atoms with Crippen molar-refractivity contribution >= 4 is 11.7 Å². The van der Waals surface area contributed by atoms with Gasteiger partial charge in [0.05, 0.1) is 12.7 Å². The van der Waals surface area contributed by atoms with Crippen molar-refractivity contribution in [1.29, 1.82) is 0 Å². The van der Waals surface area contributed by atoms with Gasteiger partial charge in [0.1, 0.15) is 17.2 Å². The van der Waals surface area contributed by atoms with Gasteiger partial charge in [-0.2, -0.15) is 5.10 Å². The molecule has 0 atom stereocenters. The number of amides is 1. The Labute approximate surface area is 159 Å². The number of benzene rings is 1. The van der Waals surface area contributed by atoms with Crippen molar-refractivity contribution in [2.75, 3.05) is 12.3 Å². The summed E-state index contributed by atoms with van der Waals surface area (Å²) < 4.78 is 3.79. The Morgan fingerprint density at radius 1 is 1.26 bits per heavy atom. The van der Waals surface area contributed by atoms with Crippen molar-refractivity contribution in [2.45, 2.75) is 39.3 Å². The summed E-state index contributed by atoms with van der Waals surface area (Å²) in [4.78, 5) is 16.8. The van der Waals surface area contributed by atoms with Gasteiger partial charge in [0.25, 0.3) is 5.91 Å². The van der Waals surface area contributed by atoms with Crippen LogP contribution in [-0.4, -0.2) is 31.8 Å². The van der Waals surface area contributed by atoms with Crippen molar-refractivity contribution in [1.82, 2.24) is 24.6 Å². The summed E-state index contributed by atoms with van der Waals surface area (Å²) in [5.41, 5.74) is 7.62. The molecule has 3 rings (SSSR count). The molecule has 7 nitrogen and oxygen atoms in total. The topological polar surface area (TPSA) is 90.8 Å². The Morgan fingerprint density at radius 3 is 2.85 bits per heavy atom. The summed E-state index contributed by atoms with van der Waals surface area (Å²) in [5.74, 6) is 1.29. The summed E-state index contributed by atoms with van der Waals surface area (Å²) in [6.45, 7) is 4.09. The quantitative estimate of drug-likeness (QED) is 0.569. The number of nitrogens with two attached hydrogens (primary N) is 1. The molecule has 0 aliphatic carbocycles. The van der Waals surface area contributed by atoms with Crippen LogP contribution in [0.4, 0.5) is 5.82 Å². The minimum Gasteiger partial charge on any atom is -0.383 e. The molecule has 0 bridgehead atoms. The Balaban J connectivity index is 1.50. The Kier molecular flexibility index (Phi) is 6.25. The predicted octanol–water partition coefficient (Wildman–Crippen LogP) is 2.48. The van der Waals surface area contributed by atoms with Crippen molar-refractivity contribution in [3.8, 4) is 0 Å². The third-order valence-corrected chi connectivity index (χ3v) is 4.44. The second-order valence-corrected chi connectivity index (χ2v) is 6.48. The maximum Gasteiger partial charge on any atom is 0.256 e. The molecular formula is C20H26N6O. The van der Waals surface area contributed by atoms with Crippen LogP contribution in [0.5, 0.6) is 0 Å². The second kappa shape index (κ2) is 9.02. The van der Waals surface area contributed by atoms with Gasteiger partial charge in [-0.1, -0.05) is 37.3 Å². The normalized spacial score (nSPS) is 10.9. The molecule has 7 heteroatoms. The summed E-state index contributed by atoms with van der Waals surface area (Å²) in [6, 6.07) is 9.90.